The van der Waals surface area contributed by atoms with Gasteiger partial charge >= 0.3 is 0 Å². The number of hydrogen-bond acceptors (Lipinski definition) is 6. The maximum Gasteiger partial charge on any atom is 0.280 e. The third-order valence-electron chi connectivity index (χ3n) is 4.64. The van der Waals surface area contributed by atoms with E-state index in [9.17, 15) is 18.4 Å². The number of nitrogens with zero attached hydrogens (tertiary/aromatic N) is 5. The summed E-state index contributed by atoms with van der Waals surface area (Å²) in [5.74, 6) is -1.33. The molecule has 0 aliphatic carbocycles. The van der Waals surface area contributed by atoms with E-state index in [1.165, 1.54) is 23.1 Å². The Morgan fingerprint density at radius 3 is 2.48 bits per heavy atom. The fourth-order valence-electron chi connectivity index (χ4n) is 3.32. The molecule has 4 aromatic heterocycles. The molecule has 160 valence electrons. The molecular weight excluding hydrogens is 428 g/mol. The molecule has 4 aromatic rings. The van der Waals surface area contributed by atoms with Crippen molar-refractivity contribution < 1.29 is 18.4 Å². The number of thiophene rings is 1. The van der Waals surface area contributed by atoms with Gasteiger partial charge in [0.2, 0.25) is 0 Å². The average Bonchev–Trinajstić information content (AvgIpc) is 3.38. The summed E-state index contributed by atoms with van der Waals surface area (Å²) >= 11 is 0.846. The molecule has 0 saturated carbocycles. The minimum atomic E-state index is -2.83. The fraction of sp³-hybridized carbons (Fsp3) is 0.211. The minimum Gasteiger partial charge on any atom is -0.365 e. The van der Waals surface area contributed by atoms with Crippen LogP contribution in [0.2, 0.25) is 0 Å². The van der Waals surface area contributed by atoms with Crippen molar-refractivity contribution in [1.29, 1.82) is 0 Å². The van der Waals surface area contributed by atoms with Crippen LogP contribution in [0.3, 0.4) is 0 Å². The second-order valence-electron chi connectivity index (χ2n) is 6.90. The van der Waals surface area contributed by atoms with Crippen molar-refractivity contribution in [3.63, 3.8) is 0 Å². The highest BCUT2D eigenvalue weighted by Crippen LogP contribution is 2.43. The van der Waals surface area contributed by atoms with Crippen molar-refractivity contribution in [2.45, 2.75) is 13.3 Å². The molecule has 3 N–H and O–H groups in total. The SMILES string of the molecule is Cc1nn(C)cc1-c1cc(C(F)F)nc2sc(C(N)=O)c(NC(=O)c3cnn(C)c3)c12. The van der Waals surface area contributed by atoms with Crippen LogP contribution >= 0.6 is 11.3 Å². The average molecular weight is 445 g/mol. The molecule has 0 aliphatic heterocycles. The lowest BCUT2D eigenvalue weighted by Crippen LogP contribution is -2.16. The first-order valence-corrected chi connectivity index (χ1v) is 9.83. The first-order valence-electron chi connectivity index (χ1n) is 9.01. The van der Waals surface area contributed by atoms with Crippen molar-refractivity contribution in [2.24, 2.45) is 19.8 Å². The third kappa shape index (κ3) is 3.65. The summed E-state index contributed by atoms with van der Waals surface area (Å²) in [4.78, 5) is 29.1. The van der Waals surface area contributed by atoms with Crippen LogP contribution in [0, 0.1) is 6.92 Å². The topological polar surface area (TPSA) is 121 Å². The van der Waals surface area contributed by atoms with Crippen LogP contribution in [-0.4, -0.2) is 36.4 Å². The maximum absolute atomic E-state index is 13.5. The molecule has 0 aliphatic rings. The summed E-state index contributed by atoms with van der Waals surface area (Å²) in [6.07, 6.45) is 1.72. The van der Waals surface area contributed by atoms with Gasteiger partial charge in [0.25, 0.3) is 18.2 Å². The Hall–Kier alpha value is -3.67. The van der Waals surface area contributed by atoms with Gasteiger partial charge in [0, 0.05) is 37.4 Å². The van der Waals surface area contributed by atoms with Gasteiger partial charge in [0.1, 0.15) is 15.4 Å². The monoisotopic (exact) mass is 445 g/mol. The zero-order chi connectivity index (χ0) is 22.4. The van der Waals surface area contributed by atoms with Crippen molar-refractivity contribution in [3.05, 3.63) is 46.5 Å². The molecule has 0 atom stereocenters. The Morgan fingerprint density at radius 1 is 1.19 bits per heavy atom. The maximum atomic E-state index is 13.5. The number of halogens is 2. The van der Waals surface area contributed by atoms with Crippen LogP contribution in [0.5, 0.6) is 0 Å². The van der Waals surface area contributed by atoms with Gasteiger partial charge in [-0.2, -0.15) is 10.2 Å². The molecule has 0 radical (unpaired) electrons. The van der Waals surface area contributed by atoms with E-state index in [1.807, 2.05) is 0 Å². The second kappa shape index (κ2) is 7.54. The van der Waals surface area contributed by atoms with Gasteiger partial charge in [0.05, 0.1) is 23.1 Å². The normalized spacial score (nSPS) is 11.4. The predicted molar refractivity (Wildman–Crippen MR) is 111 cm³/mol. The molecule has 9 nitrogen and oxygen atoms in total. The number of nitrogens with two attached hydrogens (primary N) is 1. The number of aromatic nitrogens is 5. The first-order chi connectivity index (χ1) is 14.7. The number of pyridine rings is 1. The van der Waals surface area contributed by atoms with Gasteiger partial charge in [-0.05, 0) is 18.6 Å². The number of primary amides is 1. The number of rotatable bonds is 5. The summed E-state index contributed by atoms with van der Waals surface area (Å²) in [5, 5.41) is 11.3. The molecule has 12 heteroatoms. The number of carbonyl (C=O) groups is 2. The molecular formula is C19H17F2N7O2S. The summed E-state index contributed by atoms with van der Waals surface area (Å²) in [7, 11) is 3.36. The highest BCUT2D eigenvalue weighted by atomic mass is 32.1. The Bertz CT molecular complexity index is 1340. The summed E-state index contributed by atoms with van der Waals surface area (Å²) < 4.78 is 30.1. The van der Waals surface area contributed by atoms with Crippen molar-refractivity contribution in [1.82, 2.24) is 24.5 Å². The van der Waals surface area contributed by atoms with Gasteiger partial charge < -0.3 is 11.1 Å². The lowest BCUT2D eigenvalue weighted by Gasteiger charge is -2.10. The highest BCUT2D eigenvalue weighted by molar-refractivity contribution is 7.21. The third-order valence-corrected chi connectivity index (χ3v) is 5.74. The number of carbonyl (C=O) groups excluding carboxylic acids is 2. The quantitative estimate of drug-likeness (QED) is 0.489. The van der Waals surface area contributed by atoms with E-state index in [-0.39, 0.29) is 21.0 Å². The molecule has 0 aromatic carbocycles. The molecule has 4 heterocycles. The molecule has 2 amide bonds. The minimum absolute atomic E-state index is 0.00829. The Balaban J connectivity index is 1.99. The largest absolute Gasteiger partial charge is 0.365 e. The van der Waals surface area contributed by atoms with E-state index < -0.39 is 23.9 Å². The number of alkyl halides is 2. The zero-order valence-electron chi connectivity index (χ0n) is 16.7. The van der Waals surface area contributed by atoms with Crippen LogP contribution in [0.25, 0.3) is 21.3 Å². The summed E-state index contributed by atoms with van der Waals surface area (Å²) in [6, 6.07) is 1.24. The van der Waals surface area contributed by atoms with Gasteiger partial charge in [-0.25, -0.2) is 13.8 Å². The number of anilines is 1. The van der Waals surface area contributed by atoms with Crippen molar-refractivity contribution in [2.75, 3.05) is 5.32 Å². The van der Waals surface area contributed by atoms with Gasteiger partial charge in [0.15, 0.2) is 0 Å². The van der Waals surface area contributed by atoms with E-state index in [2.05, 4.69) is 20.5 Å². The molecule has 0 fully saturated rings. The smallest absolute Gasteiger partial charge is 0.280 e. The van der Waals surface area contributed by atoms with Crippen LogP contribution in [0.15, 0.2) is 24.7 Å². The Kier molecular flexibility index (Phi) is 5.01. The number of nitrogens with one attached hydrogen (secondary N) is 1. The molecule has 0 unspecified atom stereocenters. The van der Waals surface area contributed by atoms with Crippen LogP contribution in [0.4, 0.5) is 14.5 Å². The van der Waals surface area contributed by atoms with E-state index in [0.717, 1.165) is 11.3 Å². The molecule has 31 heavy (non-hydrogen) atoms. The highest BCUT2D eigenvalue weighted by Gasteiger charge is 2.26. The summed E-state index contributed by atoms with van der Waals surface area (Å²) in [6.45, 7) is 1.74. The fourth-order valence-corrected chi connectivity index (χ4v) is 4.34. The second-order valence-corrected chi connectivity index (χ2v) is 7.90. The molecule has 0 spiro atoms. The Morgan fingerprint density at radius 2 is 1.94 bits per heavy atom. The van der Waals surface area contributed by atoms with Crippen LogP contribution < -0.4 is 11.1 Å². The number of hydrogen-bond donors (Lipinski definition) is 2. The lowest BCUT2D eigenvalue weighted by molar-refractivity contribution is 0.100. The predicted octanol–water partition coefficient (Wildman–Crippen LogP) is 3.03. The number of amides is 2. The molecule has 0 bridgehead atoms. The standard InChI is InChI=1S/C19H17F2N7O2S/c1-8-11(7-28(3)26-8)10-4-12(16(20)21)24-19-13(10)14(15(31-19)17(22)29)25-18(30)9-5-23-27(2)6-9/h4-7,16H,1-3H3,(H2,22,29)(H,25,30). The van der Waals surface area contributed by atoms with Crippen molar-refractivity contribution >= 4 is 39.1 Å². The van der Waals surface area contributed by atoms with Gasteiger partial charge in [-0.1, -0.05) is 0 Å². The molecule has 4 rings (SSSR count). The van der Waals surface area contributed by atoms with E-state index in [4.69, 9.17) is 5.73 Å². The van der Waals surface area contributed by atoms with Gasteiger partial charge in [-0.15, -0.1) is 11.3 Å². The first kappa shape index (κ1) is 20.6. The number of aryl methyl sites for hydroxylation is 3. The lowest BCUT2D eigenvalue weighted by atomic mass is 10.0. The Labute approximate surface area is 178 Å². The van der Waals surface area contributed by atoms with Gasteiger partial charge in [-0.3, -0.25) is 19.0 Å². The molecule has 0 saturated heterocycles. The van der Waals surface area contributed by atoms with E-state index >= 15 is 0 Å². The van der Waals surface area contributed by atoms with Crippen molar-refractivity contribution in [3.8, 4) is 11.1 Å². The number of fused-ring (bicyclic) bond motifs is 1. The van der Waals surface area contributed by atoms with Crippen LogP contribution in [0.1, 0.15) is 37.8 Å². The van der Waals surface area contributed by atoms with Crippen LogP contribution in [-0.2, 0) is 14.1 Å². The van der Waals surface area contributed by atoms with E-state index in [1.54, 1.807) is 31.9 Å². The van der Waals surface area contributed by atoms with E-state index in [0.29, 0.717) is 22.2 Å². The zero-order valence-corrected chi connectivity index (χ0v) is 17.5. The summed E-state index contributed by atoms with van der Waals surface area (Å²) in [5.41, 5.74) is 6.99.